The number of aliphatic hydroxyl groups excluding tert-OH is 1. The van der Waals surface area contributed by atoms with Crippen molar-refractivity contribution in [3.63, 3.8) is 0 Å². The zero-order valence-corrected chi connectivity index (χ0v) is 33.1. The molecule has 10 heteroatoms. The molecule has 0 bridgehead atoms. The number of rotatable bonds is 19. The molecule has 58 heavy (non-hydrogen) atoms. The van der Waals surface area contributed by atoms with Gasteiger partial charge in [-0.05, 0) is 34.7 Å². The molecule has 0 aromatic heterocycles. The molecule has 0 aliphatic carbocycles. The van der Waals surface area contributed by atoms with Crippen molar-refractivity contribution in [3.8, 4) is 0 Å². The molecule has 0 amide bonds. The van der Waals surface area contributed by atoms with Gasteiger partial charge in [-0.25, -0.2) is 0 Å². The van der Waals surface area contributed by atoms with Crippen molar-refractivity contribution in [2.24, 2.45) is 0 Å². The van der Waals surface area contributed by atoms with Crippen molar-refractivity contribution in [2.75, 3.05) is 13.7 Å². The van der Waals surface area contributed by atoms with Crippen LogP contribution in [0.25, 0.3) is 0 Å². The van der Waals surface area contributed by atoms with Gasteiger partial charge in [-0.3, -0.25) is 0 Å². The van der Waals surface area contributed by atoms with Crippen molar-refractivity contribution in [1.29, 1.82) is 0 Å². The van der Waals surface area contributed by atoms with Crippen molar-refractivity contribution in [1.82, 2.24) is 0 Å². The Bertz CT molecular complexity index is 1870. The second-order valence-corrected chi connectivity index (χ2v) is 14.6. The second kappa shape index (κ2) is 21.6. The fourth-order valence-corrected chi connectivity index (χ4v) is 7.31. The summed E-state index contributed by atoms with van der Waals surface area (Å²) in [5.74, 6) is 0. The summed E-state index contributed by atoms with van der Waals surface area (Å²) in [6, 6.07) is 49.6. The topological polar surface area (TPSA) is 103 Å². The van der Waals surface area contributed by atoms with Crippen LogP contribution in [0.4, 0.5) is 0 Å². The first kappa shape index (κ1) is 41.8. The summed E-state index contributed by atoms with van der Waals surface area (Å²) < 4.78 is 58.3. The minimum atomic E-state index is -1.15. The van der Waals surface area contributed by atoms with Gasteiger partial charge in [0.15, 0.2) is 12.6 Å². The van der Waals surface area contributed by atoms with Gasteiger partial charge in [-0.15, -0.1) is 0 Å². The SMILES string of the molecule is CO[C@H]1O[C@H](CO[C@@H]2O[C@H](C)[C@H](OCc3ccccc3)[C@H](OCc3ccccc3)[C@H]2OCc2ccccc2)[C@H](O)[C@H](OCc2ccccc2)[C@H]1OCc1ccccc1. The number of hydrogen-bond acceptors (Lipinski definition) is 10. The summed E-state index contributed by atoms with van der Waals surface area (Å²) in [4.78, 5) is 0. The molecule has 0 saturated carbocycles. The van der Waals surface area contributed by atoms with Crippen LogP contribution in [0.5, 0.6) is 0 Å². The zero-order chi connectivity index (χ0) is 39.9. The largest absolute Gasteiger partial charge is 0.387 e. The summed E-state index contributed by atoms with van der Waals surface area (Å²) in [7, 11) is 1.55. The molecule has 5 aromatic carbocycles. The summed E-state index contributed by atoms with van der Waals surface area (Å²) >= 11 is 0. The van der Waals surface area contributed by atoms with Gasteiger partial charge >= 0.3 is 0 Å². The van der Waals surface area contributed by atoms with Gasteiger partial charge in [0.25, 0.3) is 0 Å². The second-order valence-electron chi connectivity index (χ2n) is 14.6. The van der Waals surface area contributed by atoms with Gasteiger partial charge in [-0.2, -0.15) is 0 Å². The van der Waals surface area contributed by atoms with Crippen LogP contribution in [0, 0.1) is 0 Å². The lowest BCUT2D eigenvalue weighted by Gasteiger charge is -2.46. The average molecular weight is 791 g/mol. The van der Waals surface area contributed by atoms with Gasteiger partial charge in [0, 0.05) is 7.11 Å². The molecule has 0 spiro atoms. The summed E-state index contributed by atoms with van der Waals surface area (Å²) in [5, 5.41) is 12.0. The number of methoxy groups -OCH3 is 1. The highest BCUT2D eigenvalue weighted by atomic mass is 16.7. The smallest absolute Gasteiger partial charge is 0.186 e. The first-order valence-electron chi connectivity index (χ1n) is 20.0. The maximum Gasteiger partial charge on any atom is 0.186 e. The highest BCUT2D eigenvalue weighted by Gasteiger charge is 2.50. The molecule has 7 rings (SSSR count). The predicted molar refractivity (Wildman–Crippen MR) is 217 cm³/mol. The fraction of sp³-hybridized carbons (Fsp3) is 0.375. The quantitative estimate of drug-likeness (QED) is 0.0911. The van der Waals surface area contributed by atoms with Crippen LogP contribution in [0.1, 0.15) is 34.7 Å². The Morgan fingerprint density at radius 2 is 0.759 bits per heavy atom. The molecule has 2 fully saturated rings. The molecule has 2 aliphatic heterocycles. The van der Waals surface area contributed by atoms with Crippen LogP contribution in [0.3, 0.4) is 0 Å². The monoisotopic (exact) mass is 790 g/mol. The lowest BCUT2D eigenvalue weighted by atomic mass is 9.97. The van der Waals surface area contributed by atoms with Gasteiger partial charge < -0.3 is 47.7 Å². The summed E-state index contributed by atoms with van der Waals surface area (Å²) in [6.45, 7) is 3.38. The Hall–Kier alpha value is -4.30. The fourth-order valence-electron chi connectivity index (χ4n) is 7.31. The third-order valence-electron chi connectivity index (χ3n) is 10.4. The molecule has 5 aromatic rings. The van der Waals surface area contributed by atoms with E-state index >= 15 is 0 Å². The molecule has 2 heterocycles. The van der Waals surface area contributed by atoms with E-state index in [0.717, 1.165) is 27.8 Å². The number of ether oxygens (including phenoxy) is 9. The van der Waals surface area contributed by atoms with E-state index < -0.39 is 61.4 Å². The lowest BCUT2D eigenvalue weighted by molar-refractivity contribution is -0.344. The van der Waals surface area contributed by atoms with E-state index in [1.807, 2.05) is 159 Å². The van der Waals surface area contributed by atoms with Gasteiger partial charge in [-0.1, -0.05) is 152 Å². The van der Waals surface area contributed by atoms with Crippen LogP contribution >= 0.6 is 0 Å². The van der Waals surface area contributed by atoms with Crippen LogP contribution in [0.15, 0.2) is 152 Å². The maximum atomic E-state index is 12.0. The van der Waals surface area contributed by atoms with Crippen LogP contribution in [-0.2, 0) is 75.7 Å². The predicted octanol–water partition coefficient (Wildman–Crippen LogP) is 7.41. The minimum Gasteiger partial charge on any atom is -0.387 e. The van der Waals surface area contributed by atoms with Gasteiger partial charge in [0.2, 0.25) is 0 Å². The molecule has 10 atom stereocenters. The van der Waals surface area contributed by atoms with Crippen molar-refractivity contribution < 1.29 is 47.7 Å². The molecule has 1 N–H and O–H groups in total. The Kier molecular flexibility index (Phi) is 15.6. The maximum absolute atomic E-state index is 12.0. The van der Waals surface area contributed by atoms with Gasteiger partial charge in [0.1, 0.15) is 42.7 Å². The highest BCUT2D eigenvalue weighted by Crippen LogP contribution is 2.33. The Labute approximate surface area is 341 Å². The standard InChI is InChI=1S/C48H54O10/c1-34-42(51-28-35-18-8-3-9-19-35)44(53-30-37-22-12-5-13-23-37)46(55-32-39-26-16-7-17-27-39)48(57-34)56-33-40-41(49)43(52-29-36-20-10-4-11-21-36)45(47(50-2)58-40)54-31-38-24-14-6-15-25-38/h3-27,34,40-49H,28-33H2,1-2H3/t34-,40-,41+,42+,43+,44+,45-,46-,47+,48-/m1/s1. The lowest BCUT2D eigenvalue weighted by Crippen LogP contribution is -2.62. The van der Waals surface area contributed by atoms with E-state index in [1.165, 1.54) is 0 Å². The normalized spacial score (nSPS) is 27.3. The van der Waals surface area contributed by atoms with E-state index in [9.17, 15) is 5.11 Å². The number of aliphatic hydroxyl groups is 1. The molecule has 0 unspecified atom stereocenters. The number of hydrogen-bond donors (Lipinski definition) is 1. The Balaban J connectivity index is 1.12. The third kappa shape index (κ3) is 11.5. The highest BCUT2D eigenvalue weighted by molar-refractivity contribution is 5.17. The molecule has 2 saturated heterocycles. The Morgan fingerprint density at radius 1 is 0.414 bits per heavy atom. The zero-order valence-electron chi connectivity index (χ0n) is 33.1. The van der Waals surface area contributed by atoms with E-state index in [2.05, 4.69) is 0 Å². The first-order valence-corrected chi connectivity index (χ1v) is 20.0. The summed E-state index contributed by atoms with van der Waals surface area (Å²) in [5.41, 5.74) is 4.95. The van der Waals surface area contributed by atoms with E-state index in [-0.39, 0.29) is 26.4 Å². The van der Waals surface area contributed by atoms with Crippen LogP contribution in [0.2, 0.25) is 0 Å². The van der Waals surface area contributed by atoms with E-state index in [0.29, 0.717) is 13.2 Å². The van der Waals surface area contributed by atoms with Crippen LogP contribution < -0.4 is 0 Å². The third-order valence-corrected chi connectivity index (χ3v) is 10.4. The molecular weight excluding hydrogens is 737 g/mol. The summed E-state index contributed by atoms with van der Waals surface area (Å²) in [6.07, 6.45) is -7.63. The first-order chi connectivity index (χ1) is 28.6. The molecular formula is C48H54O10. The van der Waals surface area contributed by atoms with Crippen molar-refractivity contribution in [2.45, 2.75) is 101 Å². The number of benzene rings is 5. The average Bonchev–Trinajstić information content (AvgIpc) is 3.27. The molecule has 306 valence electrons. The van der Waals surface area contributed by atoms with Crippen molar-refractivity contribution >= 4 is 0 Å². The van der Waals surface area contributed by atoms with E-state index in [4.69, 9.17) is 42.6 Å². The minimum absolute atomic E-state index is 0.0683. The van der Waals surface area contributed by atoms with Crippen LogP contribution in [-0.4, -0.2) is 80.2 Å². The molecule has 2 aliphatic rings. The molecule has 0 radical (unpaired) electrons. The van der Waals surface area contributed by atoms with Crippen molar-refractivity contribution in [3.05, 3.63) is 179 Å². The Morgan fingerprint density at radius 3 is 1.16 bits per heavy atom. The molecule has 10 nitrogen and oxygen atoms in total. The van der Waals surface area contributed by atoms with E-state index in [1.54, 1.807) is 7.11 Å². The van der Waals surface area contributed by atoms with Gasteiger partial charge in [0.05, 0.1) is 45.7 Å².